The lowest BCUT2D eigenvalue weighted by Gasteiger charge is -2.26. The van der Waals surface area contributed by atoms with E-state index in [1.165, 1.54) is 20.8 Å². The number of hydrogen-bond donors (Lipinski definition) is 0. The van der Waals surface area contributed by atoms with Crippen molar-refractivity contribution in [3.63, 3.8) is 0 Å². The van der Waals surface area contributed by atoms with Gasteiger partial charge in [-0.3, -0.25) is 19.7 Å². The predicted molar refractivity (Wildman–Crippen MR) is 67.1 cm³/mol. The third kappa shape index (κ3) is 2.22. The van der Waals surface area contributed by atoms with Crippen molar-refractivity contribution in [3.05, 3.63) is 32.4 Å². The topological polar surface area (TPSA) is 77.3 Å². The summed E-state index contributed by atoms with van der Waals surface area (Å²) in [7, 11) is 0. The van der Waals surface area contributed by atoms with Gasteiger partial charge < -0.3 is 0 Å². The normalized spacial score (nSPS) is 19.1. The van der Waals surface area contributed by atoms with Crippen LogP contribution in [-0.2, 0) is 9.59 Å². The van der Waals surface area contributed by atoms with Crippen LogP contribution in [0.2, 0.25) is 0 Å². The SMILES string of the molecule is CC1=C(C)C(=O)C(C(F)C(C)(C)[N+](=O)[O-])=C(C)C1=O. The van der Waals surface area contributed by atoms with Gasteiger partial charge in [-0.05, 0) is 20.8 Å². The highest BCUT2D eigenvalue weighted by Gasteiger charge is 2.48. The Hall–Kier alpha value is -1.85. The molecule has 0 heterocycles. The second-order valence-corrected chi connectivity index (χ2v) is 5.22. The Morgan fingerprint density at radius 3 is 1.89 bits per heavy atom. The fourth-order valence-corrected chi connectivity index (χ4v) is 1.87. The van der Waals surface area contributed by atoms with Gasteiger partial charge in [-0.15, -0.1) is 0 Å². The van der Waals surface area contributed by atoms with Crippen LogP contribution in [0.4, 0.5) is 4.39 Å². The zero-order chi connectivity index (χ0) is 15.1. The van der Waals surface area contributed by atoms with Gasteiger partial charge in [0.15, 0.2) is 17.7 Å². The molecule has 0 spiro atoms. The van der Waals surface area contributed by atoms with Crippen molar-refractivity contribution in [1.29, 1.82) is 0 Å². The summed E-state index contributed by atoms with van der Waals surface area (Å²) in [5, 5.41) is 10.9. The second-order valence-electron chi connectivity index (χ2n) is 5.22. The number of allylic oxidation sites excluding steroid dienone is 3. The van der Waals surface area contributed by atoms with E-state index in [1.807, 2.05) is 0 Å². The third-order valence-corrected chi connectivity index (χ3v) is 3.58. The van der Waals surface area contributed by atoms with E-state index in [0.29, 0.717) is 0 Å². The molecule has 0 aromatic carbocycles. The van der Waals surface area contributed by atoms with Gasteiger partial charge >= 0.3 is 0 Å². The lowest BCUT2D eigenvalue weighted by Crippen LogP contribution is -2.45. The molecule has 1 atom stereocenters. The molecule has 0 saturated heterocycles. The van der Waals surface area contributed by atoms with Crippen LogP contribution in [-0.4, -0.2) is 28.2 Å². The maximum atomic E-state index is 14.4. The minimum absolute atomic E-state index is 0.0458. The number of nitrogens with zero attached hydrogens (tertiary/aromatic N) is 1. The van der Waals surface area contributed by atoms with Crippen LogP contribution in [0.15, 0.2) is 22.3 Å². The fraction of sp³-hybridized carbons (Fsp3) is 0.538. The number of alkyl halides is 1. The zero-order valence-corrected chi connectivity index (χ0v) is 11.5. The first kappa shape index (κ1) is 15.2. The quantitative estimate of drug-likeness (QED) is 0.447. The van der Waals surface area contributed by atoms with Crippen LogP contribution < -0.4 is 0 Å². The maximum Gasteiger partial charge on any atom is 0.251 e. The molecule has 6 heteroatoms. The highest BCUT2D eigenvalue weighted by molar-refractivity contribution is 6.25. The van der Waals surface area contributed by atoms with Crippen LogP contribution in [0.1, 0.15) is 34.6 Å². The summed E-state index contributed by atoms with van der Waals surface area (Å²) in [6, 6.07) is 0. The number of nitro groups is 1. The molecular formula is C13H16FNO4. The molecule has 0 bridgehead atoms. The van der Waals surface area contributed by atoms with Gasteiger partial charge in [-0.25, -0.2) is 4.39 Å². The van der Waals surface area contributed by atoms with Gasteiger partial charge in [0.1, 0.15) is 0 Å². The number of Topliss-reactive ketones (excluding diaryl/α,β-unsaturated/α-hetero) is 2. The maximum absolute atomic E-state index is 14.4. The molecule has 0 amide bonds. The van der Waals surface area contributed by atoms with Gasteiger partial charge in [0.05, 0.1) is 0 Å². The van der Waals surface area contributed by atoms with Gasteiger partial charge in [0, 0.05) is 41.1 Å². The van der Waals surface area contributed by atoms with E-state index in [-0.39, 0.29) is 16.7 Å². The monoisotopic (exact) mass is 269 g/mol. The van der Waals surface area contributed by atoms with Crippen molar-refractivity contribution in [2.75, 3.05) is 0 Å². The molecule has 0 fully saturated rings. The fourth-order valence-electron chi connectivity index (χ4n) is 1.87. The molecule has 19 heavy (non-hydrogen) atoms. The van der Waals surface area contributed by atoms with E-state index in [1.54, 1.807) is 0 Å². The Labute approximate surface area is 110 Å². The summed E-state index contributed by atoms with van der Waals surface area (Å²) >= 11 is 0. The van der Waals surface area contributed by atoms with Crippen molar-refractivity contribution in [2.45, 2.75) is 46.3 Å². The Morgan fingerprint density at radius 1 is 1.05 bits per heavy atom. The summed E-state index contributed by atoms with van der Waals surface area (Å²) in [6.45, 7) is 6.43. The van der Waals surface area contributed by atoms with E-state index in [2.05, 4.69) is 0 Å². The minimum Gasteiger partial charge on any atom is -0.289 e. The van der Waals surface area contributed by atoms with Crippen molar-refractivity contribution in [3.8, 4) is 0 Å². The molecular weight excluding hydrogens is 253 g/mol. The molecule has 0 saturated carbocycles. The highest BCUT2D eigenvalue weighted by Crippen LogP contribution is 2.33. The average molecular weight is 269 g/mol. The average Bonchev–Trinajstić information content (AvgIpc) is 2.33. The first-order chi connectivity index (χ1) is 8.53. The zero-order valence-electron chi connectivity index (χ0n) is 11.5. The van der Waals surface area contributed by atoms with Crippen molar-refractivity contribution >= 4 is 11.6 Å². The van der Waals surface area contributed by atoms with Gasteiger partial charge in [-0.2, -0.15) is 0 Å². The summed E-state index contributed by atoms with van der Waals surface area (Å²) < 4.78 is 14.4. The summed E-state index contributed by atoms with van der Waals surface area (Å²) in [4.78, 5) is 34.1. The first-order valence-corrected chi connectivity index (χ1v) is 5.79. The summed E-state index contributed by atoms with van der Waals surface area (Å²) in [5.41, 5.74) is -1.99. The van der Waals surface area contributed by atoms with Gasteiger partial charge in [-0.1, -0.05) is 0 Å². The first-order valence-electron chi connectivity index (χ1n) is 5.79. The van der Waals surface area contributed by atoms with Crippen molar-refractivity contribution in [1.82, 2.24) is 0 Å². The van der Waals surface area contributed by atoms with Crippen LogP contribution in [0.25, 0.3) is 0 Å². The van der Waals surface area contributed by atoms with Crippen LogP contribution in [0.5, 0.6) is 0 Å². The van der Waals surface area contributed by atoms with Crippen LogP contribution >= 0.6 is 0 Å². The Morgan fingerprint density at radius 2 is 1.47 bits per heavy atom. The van der Waals surface area contributed by atoms with E-state index in [4.69, 9.17) is 0 Å². The molecule has 0 radical (unpaired) electrons. The predicted octanol–water partition coefficient (Wildman–Crippen LogP) is 2.18. The smallest absolute Gasteiger partial charge is 0.251 e. The number of ketones is 2. The molecule has 0 aromatic heterocycles. The Bertz CT molecular complexity index is 543. The molecule has 104 valence electrons. The lowest BCUT2D eigenvalue weighted by molar-refractivity contribution is -0.567. The van der Waals surface area contributed by atoms with Crippen molar-refractivity contribution < 1.29 is 18.9 Å². The molecule has 0 aromatic rings. The second kappa shape index (κ2) is 4.68. The lowest BCUT2D eigenvalue weighted by atomic mass is 9.79. The number of halogens is 1. The molecule has 1 unspecified atom stereocenters. The largest absolute Gasteiger partial charge is 0.289 e. The third-order valence-electron chi connectivity index (χ3n) is 3.58. The molecule has 0 N–H and O–H groups in total. The standard InChI is InChI=1S/C13H16FNO4/c1-6-7(2)11(17)9(8(3)10(6)16)12(14)13(4,5)15(18)19/h12H,1-5H3. The molecule has 5 nitrogen and oxygen atoms in total. The molecule has 1 aliphatic rings. The molecule has 1 aliphatic carbocycles. The number of hydrogen-bond acceptors (Lipinski definition) is 4. The van der Waals surface area contributed by atoms with Crippen molar-refractivity contribution in [2.24, 2.45) is 0 Å². The molecule has 1 rings (SSSR count). The summed E-state index contributed by atoms with van der Waals surface area (Å²) in [6.07, 6.45) is -2.12. The van der Waals surface area contributed by atoms with E-state index >= 15 is 0 Å². The minimum atomic E-state index is -2.12. The Balaban J connectivity index is 3.39. The number of carbonyl (C=O) groups is 2. The van der Waals surface area contributed by atoms with E-state index < -0.39 is 33.8 Å². The van der Waals surface area contributed by atoms with Gasteiger partial charge in [0.2, 0.25) is 0 Å². The number of carbonyl (C=O) groups excluding carboxylic acids is 2. The number of rotatable bonds is 3. The van der Waals surface area contributed by atoms with E-state index in [0.717, 1.165) is 13.8 Å². The van der Waals surface area contributed by atoms with Crippen LogP contribution in [0.3, 0.4) is 0 Å². The Kier molecular flexibility index (Phi) is 3.74. The highest BCUT2D eigenvalue weighted by atomic mass is 19.1. The molecule has 0 aliphatic heterocycles. The van der Waals surface area contributed by atoms with Crippen LogP contribution in [0, 0.1) is 10.1 Å². The van der Waals surface area contributed by atoms with Gasteiger partial charge in [0.25, 0.3) is 5.54 Å². The van der Waals surface area contributed by atoms with E-state index in [9.17, 15) is 24.1 Å². The summed E-state index contributed by atoms with van der Waals surface area (Å²) in [5.74, 6) is -1.06.